The molecule has 0 saturated carbocycles. The molecule has 0 unspecified atom stereocenters. The first-order valence-corrected chi connectivity index (χ1v) is 5.91. The minimum absolute atomic E-state index is 0.0574. The minimum Gasteiger partial charge on any atom is -0.293 e. The highest BCUT2D eigenvalue weighted by molar-refractivity contribution is 7.99. The van der Waals surface area contributed by atoms with Crippen molar-refractivity contribution in [2.75, 3.05) is 5.75 Å². The summed E-state index contributed by atoms with van der Waals surface area (Å²) in [4.78, 5) is 15.8. The monoisotopic (exact) mass is 251 g/mol. The van der Waals surface area contributed by atoms with Gasteiger partial charge in [0.05, 0.1) is 5.75 Å². The maximum atomic E-state index is 12.7. The summed E-state index contributed by atoms with van der Waals surface area (Å²) in [5.41, 5.74) is 0.501. The van der Waals surface area contributed by atoms with Gasteiger partial charge in [-0.25, -0.2) is 14.1 Å². The van der Waals surface area contributed by atoms with Crippen molar-refractivity contribution in [2.45, 2.75) is 5.16 Å². The molecule has 0 aliphatic heterocycles. The molecular formula is C11H10FN3OS. The van der Waals surface area contributed by atoms with E-state index in [4.69, 9.17) is 0 Å². The fourth-order valence-electron chi connectivity index (χ4n) is 1.27. The third-order valence-electron chi connectivity index (χ3n) is 2.17. The fourth-order valence-corrected chi connectivity index (χ4v) is 2.05. The van der Waals surface area contributed by atoms with E-state index < -0.39 is 0 Å². The number of halogens is 1. The first-order chi connectivity index (χ1) is 8.16. The lowest BCUT2D eigenvalue weighted by Gasteiger charge is -2.00. The second-order valence-corrected chi connectivity index (χ2v) is 4.33. The average Bonchev–Trinajstić information content (AvgIpc) is 2.73. The van der Waals surface area contributed by atoms with E-state index in [9.17, 15) is 9.18 Å². The summed E-state index contributed by atoms with van der Waals surface area (Å²) in [6, 6.07) is 5.52. The molecule has 2 rings (SSSR count). The van der Waals surface area contributed by atoms with Crippen molar-refractivity contribution in [2.24, 2.45) is 7.05 Å². The van der Waals surface area contributed by atoms with Gasteiger partial charge in [0.2, 0.25) is 0 Å². The standard InChI is InChI=1S/C11H10FN3OS/c1-15-11(13-7-14-15)17-6-10(16)8-2-4-9(12)5-3-8/h2-5,7H,6H2,1H3. The van der Waals surface area contributed by atoms with Gasteiger partial charge < -0.3 is 0 Å². The van der Waals surface area contributed by atoms with E-state index in [-0.39, 0.29) is 17.4 Å². The van der Waals surface area contributed by atoms with Gasteiger partial charge in [-0.2, -0.15) is 5.10 Å². The predicted octanol–water partition coefficient (Wildman–Crippen LogP) is 1.93. The van der Waals surface area contributed by atoms with Gasteiger partial charge in [0.1, 0.15) is 12.1 Å². The number of nitrogens with zero attached hydrogens (tertiary/aromatic N) is 3. The Bertz CT molecular complexity index is 524. The van der Waals surface area contributed by atoms with Gasteiger partial charge in [-0.3, -0.25) is 4.79 Å². The summed E-state index contributed by atoms with van der Waals surface area (Å²) in [6.07, 6.45) is 1.44. The van der Waals surface area contributed by atoms with Crippen LogP contribution in [0.3, 0.4) is 0 Å². The van der Waals surface area contributed by atoms with E-state index in [1.54, 1.807) is 11.7 Å². The number of carbonyl (C=O) groups is 1. The second kappa shape index (κ2) is 5.09. The fraction of sp³-hybridized carbons (Fsp3) is 0.182. The van der Waals surface area contributed by atoms with Gasteiger partial charge in [0.15, 0.2) is 10.9 Å². The summed E-state index contributed by atoms with van der Waals surface area (Å²) in [7, 11) is 1.76. The Morgan fingerprint density at radius 1 is 1.41 bits per heavy atom. The third kappa shape index (κ3) is 2.91. The SMILES string of the molecule is Cn1ncnc1SCC(=O)c1ccc(F)cc1. The molecule has 0 bridgehead atoms. The van der Waals surface area contributed by atoms with Crippen molar-refractivity contribution in [1.82, 2.24) is 14.8 Å². The van der Waals surface area contributed by atoms with Gasteiger partial charge in [-0.1, -0.05) is 11.8 Å². The molecular weight excluding hydrogens is 241 g/mol. The van der Waals surface area contributed by atoms with E-state index in [2.05, 4.69) is 10.1 Å². The van der Waals surface area contributed by atoms with Crippen molar-refractivity contribution in [1.29, 1.82) is 0 Å². The Kier molecular flexibility index (Phi) is 3.53. The first kappa shape index (κ1) is 11.8. The highest BCUT2D eigenvalue weighted by Gasteiger charge is 2.09. The number of aromatic nitrogens is 3. The van der Waals surface area contributed by atoms with Crippen LogP contribution in [-0.4, -0.2) is 26.3 Å². The van der Waals surface area contributed by atoms with Crippen molar-refractivity contribution in [3.05, 3.63) is 42.0 Å². The minimum atomic E-state index is -0.345. The van der Waals surface area contributed by atoms with Crippen LogP contribution >= 0.6 is 11.8 Å². The summed E-state index contributed by atoms with van der Waals surface area (Å²) >= 11 is 1.31. The zero-order chi connectivity index (χ0) is 12.3. The zero-order valence-corrected chi connectivity index (χ0v) is 9.95. The second-order valence-electron chi connectivity index (χ2n) is 3.38. The highest BCUT2D eigenvalue weighted by atomic mass is 32.2. The van der Waals surface area contributed by atoms with E-state index in [0.717, 1.165) is 0 Å². The summed E-state index contributed by atoms with van der Waals surface area (Å²) in [6.45, 7) is 0. The molecule has 17 heavy (non-hydrogen) atoms. The van der Waals surface area contributed by atoms with Gasteiger partial charge in [0, 0.05) is 12.6 Å². The van der Waals surface area contributed by atoms with Crippen molar-refractivity contribution in [3.8, 4) is 0 Å². The molecule has 0 aliphatic rings. The zero-order valence-electron chi connectivity index (χ0n) is 9.13. The molecule has 0 radical (unpaired) electrons. The van der Waals surface area contributed by atoms with Crippen LogP contribution < -0.4 is 0 Å². The van der Waals surface area contributed by atoms with Crippen LogP contribution in [0.25, 0.3) is 0 Å². The number of carbonyl (C=O) groups excluding carboxylic acids is 1. The average molecular weight is 251 g/mol. The lowest BCUT2D eigenvalue weighted by molar-refractivity contribution is 0.102. The molecule has 0 aliphatic carbocycles. The summed E-state index contributed by atoms with van der Waals surface area (Å²) < 4.78 is 14.3. The van der Waals surface area contributed by atoms with Crippen LogP contribution in [0.4, 0.5) is 4.39 Å². The topological polar surface area (TPSA) is 47.8 Å². The van der Waals surface area contributed by atoms with Crippen LogP contribution in [0.1, 0.15) is 10.4 Å². The smallest absolute Gasteiger partial charge is 0.186 e. The van der Waals surface area contributed by atoms with Gasteiger partial charge in [0.25, 0.3) is 0 Å². The van der Waals surface area contributed by atoms with Crippen LogP contribution in [0.2, 0.25) is 0 Å². The molecule has 0 atom stereocenters. The van der Waals surface area contributed by atoms with E-state index in [1.165, 1.54) is 42.4 Å². The summed E-state index contributed by atoms with van der Waals surface area (Å²) in [5.74, 6) is -0.140. The third-order valence-corrected chi connectivity index (χ3v) is 3.20. The Morgan fingerprint density at radius 2 is 2.12 bits per heavy atom. The predicted molar refractivity (Wildman–Crippen MR) is 62.5 cm³/mol. The molecule has 88 valence electrons. The molecule has 0 amide bonds. The summed E-state index contributed by atoms with van der Waals surface area (Å²) in [5, 5.41) is 4.58. The van der Waals surface area contributed by atoms with Crippen LogP contribution in [-0.2, 0) is 7.05 Å². The molecule has 1 heterocycles. The van der Waals surface area contributed by atoms with E-state index >= 15 is 0 Å². The molecule has 6 heteroatoms. The van der Waals surface area contributed by atoms with Gasteiger partial charge in [-0.15, -0.1) is 0 Å². The lowest BCUT2D eigenvalue weighted by atomic mass is 10.1. The number of rotatable bonds is 4. The van der Waals surface area contributed by atoms with Gasteiger partial charge >= 0.3 is 0 Å². The maximum Gasteiger partial charge on any atom is 0.186 e. The first-order valence-electron chi connectivity index (χ1n) is 4.92. The maximum absolute atomic E-state index is 12.7. The molecule has 0 fully saturated rings. The molecule has 0 N–H and O–H groups in total. The Morgan fingerprint density at radius 3 is 2.71 bits per heavy atom. The number of hydrogen-bond acceptors (Lipinski definition) is 4. The molecule has 1 aromatic heterocycles. The normalized spacial score (nSPS) is 10.5. The number of Topliss-reactive ketones (excluding diaryl/α,β-unsaturated/α-hetero) is 1. The number of thioether (sulfide) groups is 1. The molecule has 0 spiro atoms. The van der Waals surface area contributed by atoms with Crippen LogP contribution in [0.5, 0.6) is 0 Å². The lowest BCUT2D eigenvalue weighted by Crippen LogP contribution is -2.04. The van der Waals surface area contributed by atoms with Crippen molar-refractivity contribution < 1.29 is 9.18 Å². The van der Waals surface area contributed by atoms with E-state index in [1.807, 2.05) is 0 Å². The highest BCUT2D eigenvalue weighted by Crippen LogP contribution is 2.15. The van der Waals surface area contributed by atoms with Gasteiger partial charge in [-0.05, 0) is 24.3 Å². The van der Waals surface area contributed by atoms with Crippen LogP contribution in [0.15, 0.2) is 35.7 Å². The number of benzene rings is 1. The largest absolute Gasteiger partial charge is 0.293 e. The number of hydrogen-bond donors (Lipinski definition) is 0. The number of ketones is 1. The van der Waals surface area contributed by atoms with Crippen molar-refractivity contribution >= 4 is 17.5 Å². The molecule has 4 nitrogen and oxygen atoms in total. The van der Waals surface area contributed by atoms with E-state index in [0.29, 0.717) is 10.7 Å². The Labute approximate surface area is 102 Å². The molecule has 2 aromatic rings. The Balaban J connectivity index is 1.98. The molecule has 0 saturated heterocycles. The van der Waals surface area contributed by atoms with Crippen LogP contribution in [0, 0.1) is 5.82 Å². The number of aryl methyl sites for hydroxylation is 1. The Hall–Kier alpha value is -1.69. The van der Waals surface area contributed by atoms with Crippen molar-refractivity contribution in [3.63, 3.8) is 0 Å². The quantitative estimate of drug-likeness (QED) is 0.615. The molecule has 1 aromatic carbocycles.